The van der Waals surface area contributed by atoms with Crippen molar-refractivity contribution >= 4 is 28.4 Å². The number of aromatic carboxylic acids is 1. The van der Waals surface area contributed by atoms with E-state index in [1.54, 1.807) is 10.6 Å². The van der Waals surface area contributed by atoms with Crippen molar-refractivity contribution in [2.24, 2.45) is 5.92 Å². The van der Waals surface area contributed by atoms with Crippen molar-refractivity contribution in [1.82, 2.24) is 9.88 Å². The summed E-state index contributed by atoms with van der Waals surface area (Å²) in [5.41, 5.74) is 5.85. The molecule has 7 nitrogen and oxygen atoms in total. The first kappa shape index (κ1) is 19.7. The average Bonchev–Trinajstić information content (AvgIpc) is 3.37. The molecule has 2 aliphatic rings. The van der Waals surface area contributed by atoms with Gasteiger partial charge in [-0.1, -0.05) is 6.92 Å². The largest absolute Gasteiger partial charge is 0.477 e. The fourth-order valence-electron chi connectivity index (χ4n) is 4.51. The first-order valence-electron chi connectivity index (χ1n) is 10.2. The predicted molar refractivity (Wildman–Crippen MR) is 111 cm³/mol. The highest BCUT2D eigenvalue weighted by molar-refractivity contribution is 5.98. The molecule has 4 rings (SSSR count). The number of halogens is 1. The predicted octanol–water partition coefficient (Wildman–Crippen LogP) is 2.58. The van der Waals surface area contributed by atoms with E-state index in [2.05, 4.69) is 19.2 Å². The van der Waals surface area contributed by atoms with E-state index in [0.717, 1.165) is 38.9 Å². The summed E-state index contributed by atoms with van der Waals surface area (Å²) < 4.78 is 16.7. The zero-order valence-corrected chi connectivity index (χ0v) is 16.7. The Kier molecular flexibility index (Phi) is 4.98. The third-order valence-electron chi connectivity index (χ3n) is 6.24. The van der Waals surface area contributed by atoms with E-state index in [0.29, 0.717) is 23.2 Å². The molecular weight excluding hydrogens is 375 g/mol. The number of benzene rings is 1. The zero-order valence-electron chi connectivity index (χ0n) is 16.7. The van der Waals surface area contributed by atoms with Crippen molar-refractivity contribution in [3.8, 4) is 0 Å². The van der Waals surface area contributed by atoms with E-state index in [1.165, 1.54) is 6.07 Å². The zero-order chi connectivity index (χ0) is 20.9. The molecule has 2 aromatic rings. The molecular formula is C21H27FN4O3. The molecule has 2 unspecified atom stereocenters. The van der Waals surface area contributed by atoms with Gasteiger partial charge in [0.15, 0.2) is 0 Å². The second-order valence-electron chi connectivity index (χ2n) is 8.16. The Morgan fingerprint density at radius 3 is 2.72 bits per heavy atom. The normalized spacial score (nSPS) is 20.4. The van der Waals surface area contributed by atoms with Crippen LogP contribution >= 0.6 is 0 Å². The minimum atomic E-state index is -1.38. The van der Waals surface area contributed by atoms with Crippen LogP contribution in [0.4, 0.5) is 15.9 Å². The van der Waals surface area contributed by atoms with E-state index in [-0.39, 0.29) is 17.2 Å². The number of hydrogen-bond donors (Lipinski definition) is 3. The number of hydrogen-bond acceptors (Lipinski definition) is 5. The Balaban J connectivity index is 1.81. The molecule has 1 aliphatic carbocycles. The molecule has 2 heterocycles. The molecule has 1 aliphatic heterocycles. The van der Waals surface area contributed by atoms with Gasteiger partial charge in [-0.25, -0.2) is 9.18 Å². The lowest BCUT2D eigenvalue weighted by molar-refractivity contribution is 0.0696. The Labute approximate surface area is 168 Å². The molecule has 4 N–H and O–H groups in total. The Bertz CT molecular complexity index is 1030. The van der Waals surface area contributed by atoms with Gasteiger partial charge in [0, 0.05) is 30.6 Å². The van der Waals surface area contributed by atoms with Gasteiger partial charge in [-0.05, 0) is 50.8 Å². The van der Waals surface area contributed by atoms with Crippen LogP contribution in [0.3, 0.4) is 0 Å². The van der Waals surface area contributed by atoms with Crippen molar-refractivity contribution < 1.29 is 14.3 Å². The number of carbonyl (C=O) groups is 1. The molecule has 2 fully saturated rings. The van der Waals surface area contributed by atoms with Gasteiger partial charge in [0.25, 0.3) is 0 Å². The summed E-state index contributed by atoms with van der Waals surface area (Å²) in [5, 5.41) is 13.0. The fourth-order valence-corrected chi connectivity index (χ4v) is 4.51. The van der Waals surface area contributed by atoms with Gasteiger partial charge in [0.05, 0.1) is 11.2 Å². The number of nitrogens with two attached hydrogens (primary N) is 1. The Hall–Kier alpha value is -2.61. The molecule has 0 radical (unpaired) electrons. The number of nitrogen functional groups attached to an aromatic ring is 1. The number of pyridine rings is 1. The van der Waals surface area contributed by atoms with E-state index < -0.39 is 22.8 Å². The van der Waals surface area contributed by atoms with Crippen LogP contribution in [0.15, 0.2) is 16.9 Å². The number of carboxylic acids is 1. The van der Waals surface area contributed by atoms with Gasteiger partial charge in [-0.15, -0.1) is 0 Å². The summed E-state index contributed by atoms with van der Waals surface area (Å²) in [6, 6.07) is 3.24. The first-order chi connectivity index (χ1) is 13.8. The molecule has 0 spiro atoms. The van der Waals surface area contributed by atoms with Gasteiger partial charge in [0.2, 0.25) is 5.43 Å². The second kappa shape index (κ2) is 7.33. The number of nitrogens with zero attached hydrogens (tertiary/aromatic N) is 2. The first-order valence-corrected chi connectivity index (χ1v) is 10.2. The standard InChI is InChI=1S/C21H27FN4O3/c1-3-24-11(2)12-6-7-25(10-12)17-9-16-14(8-15(17)22)19(27)18(21(28)29)20(23)26(16)13-4-5-13/h8-9,11-13,24H,3-7,10,23H2,1-2H3,(H,28,29). The van der Waals surface area contributed by atoms with Crippen LogP contribution in [0.25, 0.3) is 10.9 Å². The number of anilines is 2. The monoisotopic (exact) mass is 402 g/mol. The van der Waals surface area contributed by atoms with Gasteiger partial charge in [0.1, 0.15) is 17.2 Å². The molecule has 0 amide bonds. The number of carboxylic acid groups (broad SMARTS) is 1. The van der Waals surface area contributed by atoms with Crippen LogP contribution in [0, 0.1) is 11.7 Å². The van der Waals surface area contributed by atoms with E-state index in [4.69, 9.17) is 5.73 Å². The van der Waals surface area contributed by atoms with Crippen LogP contribution in [-0.2, 0) is 0 Å². The minimum absolute atomic E-state index is 0.0462. The van der Waals surface area contributed by atoms with Crippen LogP contribution < -0.4 is 21.4 Å². The SMILES string of the molecule is CCNC(C)C1CCN(c2cc3c(cc2F)c(=O)c(C(=O)O)c(N)n3C2CC2)C1. The summed E-state index contributed by atoms with van der Waals surface area (Å²) in [7, 11) is 0. The smallest absolute Gasteiger partial charge is 0.343 e. The summed E-state index contributed by atoms with van der Waals surface area (Å²) in [5.74, 6) is -1.52. The molecule has 2 atom stereocenters. The summed E-state index contributed by atoms with van der Waals surface area (Å²) in [6.45, 7) is 6.57. The second-order valence-corrected chi connectivity index (χ2v) is 8.16. The molecule has 1 saturated carbocycles. The van der Waals surface area contributed by atoms with Gasteiger partial charge in [-0.2, -0.15) is 0 Å². The highest BCUT2D eigenvalue weighted by Crippen LogP contribution is 2.41. The highest BCUT2D eigenvalue weighted by atomic mass is 19.1. The van der Waals surface area contributed by atoms with Gasteiger partial charge >= 0.3 is 5.97 Å². The van der Waals surface area contributed by atoms with E-state index in [9.17, 15) is 14.7 Å². The van der Waals surface area contributed by atoms with Gasteiger partial charge < -0.3 is 25.6 Å². The lowest BCUT2D eigenvalue weighted by Crippen LogP contribution is -2.35. The molecule has 1 saturated heterocycles. The average molecular weight is 402 g/mol. The van der Waals surface area contributed by atoms with Gasteiger partial charge in [-0.3, -0.25) is 4.79 Å². The van der Waals surface area contributed by atoms with Crippen molar-refractivity contribution in [2.45, 2.75) is 45.2 Å². The molecule has 1 aromatic carbocycles. The molecule has 29 heavy (non-hydrogen) atoms. The van der Waals surface area contributed by atoms with Crippen LogP contribution in [0.2, 0.25) is 0 Å². The van der Waals surface area contributed by atoms with Crippen molar-refractivity contribution in [3.05, 3.63) is 33.7 Å². The van der Waals surface area contributed by atoms with E-state index in [1.807, 2.05) is 4.90 Å². The Morgan fingerprint density at radius 2 is 2.10 bits per heavy atom. The topological polar surface area (TPSA) is 101 Å². The lowest BCUT2D eigenvalue weighted by atomic mass is 10.0. The Morgan fingerprint density at radius 1 is 1.38 bits per heavy atom. The van der Waals surface area contributed by atoms with Crippen molar-refractivity contribution in [1.29, 1.82) is 0 Å². The van der Waals surface area contributed by atoms with Crippen LogP contribution in [0.5, 0.6) is 0 Å². The maximum absolute atomic E-state index is 15.0. The molecule has 156 valence electrons. The van der Waals surface area contributed by atoms with Crippen molar-refractivity contribution in [3.63, 3.8) is 0 Å². The number of fused-ring (bicyclic) bond motifs is 1. The van der Waals surface area contributed by atoms with E-state index >= 15 is 4.39 Å². The highest BCUT2D eigenvalue weighted by Gasteiger charge is 2.32. The maximum atomic E-state index is 15.0. The summed E-state index contributed by atoms with van der Waals surface area (Å²) >= 11 is 0. The lowest BCUT2D eigenvalue weighted by Gasteiger charge is -2.24. The summed E-state index contributed by atoms with van der Waals surface area (Å²) in [6.07, 6.45) is 2.68. The molecule has 8 heteroatoms. The van der Waals surface area contributed by atoms with Crippen LogP contribution in [0.1, 0.15) is 49.5 Å². The number of aromatic nitrogens is 1. The summed E-state index contributed by atoms with van der Waals surface area (Å²) in [4.78, 5) is 26.3. The third kappa shape index (κ3) is 3.35. The van der Waals surface area contributed by atoms with Crippen molar-refractivity contribution in [2.75, 3.05) is 30.3 Å². The number of rotatable bonds is 6. The molecule has 0 bridgehead atoms. The number of nitrogens with one attached hydrogen (secondary N) is 1. The quantitative estimate of drug-likeness (QED) is 0.687. The molecule has 1 aromatic heterocycles. The maximum Gasteiger partial charge on any atom is 0.343 e. The fraction of sp³-hybridized carbons (Fsp3) is 0.524. The van der Waals surface area contributed by atoms with Crippen LogP contribution in [-0.4, -0.2) is 41.3 Å². The minimum Gasteiger partial charge on any atom is -0.477 e. The third-order valence-corrected chi connectivity index (χ3v) is 6.24.